The summed E-state index contributed by atoms with van der Waals surface area (Å²) >= 11 is 0. The lowest BCUT2D eigenvalue weighted by Gasteiger charge is -2.21. The van der Waals surface area contributed by atoms with Crippen LogP contribution in [0.5, 0.6) is 5.75 Å². The summed E-state index contributed by atoms with van der Waals surface area (Å²) in [5.74, 6) is -0.996. The molecule has 1 N–H and O–H groups in total. The first kappa shape index (κ1) is 23.2. The Kier molecular flexibility index (Phi) is 8.45. The van der Waals surface area contributed by atoms with Crippen molar-refractivity contribution >= 4 is 21.9 Å². The second-order valence-electron chi connectivity index (χ2n) is 7.02. The predicted molar refractivity (Wildman–Crippen MR) is 108 cm³/mol. The highest BCUT2D eigenvalue weighted by atomic mass is 32.2. The fourth-order valence-electron chi connectivity index (χ4n) is 3.10. The van der Waals surface area contributed by atoms with E-state index < -0.39 is 28.0 Å². The smallest absolute Gasteiger partial charge is 0.338 e. The lowest BCUT2D eigenvalue weighted by atomic mass is 10.2. The van der Waals surface area contributed by atoms with Gasteiger partial charge in [0.25, 0.3) is 5.91 Å². The number of methoxy groups -OCH3 is 1. The van der Waals surface area contributed by atoms with Gasteiger partial charge in [-0.2, -0.15) is 4.31 Å². The van der Waals surface area contributed by atoms with Gasteiger partial charge in [0.1, 0.15) is 10.6 Å². The maximum atomic E-state index is 13.2. The molecule has 1 unspecified atom stereocenters. The number of ether oxygens (including phenoxy) is 2. The molecule has 1 aromatic carbocycles. The molecule has 1 atom stereocenters. The standard InChI is InChI=1S/C20H30N2O6S/c1-4-11-21-19(23)15(2)28-20(24)16-9-10-17(27-3)18(14-16)29(25,26)22-12-7-5-6-8-13-22/h9-10,14-15H,4-8,11-13H2,1-3H3,(H,21,23). The quantitative estimate of drug-likeness (QED) is 0.640. The van der Waals surface area contributed by atoms with Crippen LogP contribution >= 0.6 is 0 Å². The van der Waals surface area contributed by atoms with Gasteiger partial charge in [0.15, 0.2) is 6.10 Å². The number of hydrogen-bond donors (Lipinski definition) is 1. The van der Waals surface area contributed by atoms with Gasteiger partial charge in [-0.05, 0) is 44.4 Å². The van der Waals surface area contributed by atoms with Crippen LogP contribution in [-0.4, -0.2) is 57.4 Å². The molecule has 1 heterocycles. The Hall–Kier alpha value is -2.13. The Morgan fingerprint density at radius 2 is 1.83 bits per heavy atom. The minimum Gasteiger partial charge on any atom is -0.495 e. The summed E-state index contributed by atoms with van der Waals surface area (Å²) in [7, 11) is -2.44. The van der Waals surface area contributed by atoms with E-state index in [0.717, 1.165) is 32.1 Å². The molecule has 1 fully saturated rings. The summed E-state index contributed by atoms with van der Waals surface area (Å²) in [4.78, 5) is 24.3. The van der Waals surface area contributed by atoms with Gasteiger partial charge >= 0.3 is 5.97 Å². The molecule has 1 aliphatic heterocycles. The summed E-state index contributed by atoms with van der Waals surface area (Å²) in [5.41, 5.74) is 0.0503. The summed E-state index contributed by atoms with van der Waals surface area (Å²) in [6.45, 7) is 4.76. The van der Waals surface area contributed by atoms with Crippen molar-refractivity contribution in [1.29, 1.82) is 0 Å². The van der Waals surface area contributed by atoms with Crippen molar-refractivity contribution < 1.29 is 27.5 Å². The Balaban J connectivity index is 2.25. The first-order valence-corrected chi connectivity index (χ1v) is 11.4. The number of sulfonamides is 1. The number of rotatable bonds is 8. The molecule has 0 aliphatic carbocycles. The lowest BCUT2D eigenvalue weighted by Crippen LogP contribution is -2.36. The molecule has 2 rings (SSSR count). The van der Waals surface area contributed by atoms with Crippen LogP contribution in [0.15, 0.2) is 23.1 Å². The highest BCUT2D eigenvalue weighted by Crippen LogP contribution is 2.29. The number of esters is 1. The van der Waals surface area contributed by atoms with Crippen molar-refractivity contribution in [3.8, 4) is 5.75 Å². The average molecular weight is 427 g/mol. The van der Waals surface area contributed by atoms with Crippen LogP contribution in [0.25, 0.3) is 0 Å². The minimum absolute atomic E-state index is 0.0503. The molecular weight excluding hydrogens is 396 g/mol. The third kappa shape index (κ3) is 5.93. The number of carbonyl (C=O) groups is 2. The van der Waals surface area contributed by atoms with E-state index in [-0.39, 0.29) is 16.2 Å². The molecule has 0 spiro atoms. The van der Waals surface area contributed by atoms with Crippen molar-refractivity contribution in [2.75, 3.05) is 26.7 Å². The molecule has 8 nitrogen and oxygen atoms in total. The maximum absolute atomic E-state index is 13.2. The Bertz CT molecular complexity index is 816. The second-order valence-corrected chi connectivity index (χ2v) is 8.93. The minimum atomic E-state index is -3.82. The van der Waals surface area contributed by atoms with Crippen LogP contribution in [0.1, 0.15) is 56.3 Å². The van der Waals surface area contributed by atoms with Gasteiger partial charge in [-0.25, -0.2) is 13.2 Å². The summed E-state index contributed by atoms with van der Waals surface area (Å²) in [6, 6.07) is 4.13. The Labute approximate surface area is 172 Å². The van der Waals surface area contributed by atoms with E-state index in [4.69, 9.17) is 9.47 Å². The highest BCUT2D eigenvalue weighted by molar-refractivity contribution is 7.89. The molecule has 1 aromatic rings. The highest BCUT2D eigenvalue weighted by Gasteiger charge is 2.30. The van der Waals surface area contributed by atoms with Crippen LogP contribution in [0.2, 0.25) is 0 Å². The average Bonchev–Trinajstić information content (AvgIpc) is 3.01. The third-order valence-corrected chi connectivity index (χ3v) is 6.70. The fraction of sp³-hybridized carbons (Fsp3) is 0.600. The molecule has 162 valence electrons. The fourth-order valence-corrected chi connectivity index (χ4v) is 4.80. The van der Waals surface area contributed by atoms with E-state index in [9.17, 15) is 18.0 Å². The van der Waals surface area contributed by atoms with Gasteiger partial charge < -0.3 is 14.8 Å². The zero-order valence-corrected chi connectivity index (χ0v) is 18.1. The lowest BCUT2D eigenvalue weighted by molar-refractivity contribution is -0.129. The number of nitrogens with zero attached hydrogens (tertiary/aromatic N) is 1. The molecule has 0 bridgehead atoms. The van der Waals surface area contributed by atoms with E-state index in [0.29, 0.717) is 19.6 Å². The molecule has 0 radical (unpaired) electrons. The zero-order chi connectivity index (χ0) is 21.4. The van der Waals surface area contributed by atoms with Crippen LogP contribution in [0.3, 0.4) is 0 Å². The molecule has 1 amide bonds. The van der Waals surface area contributed by atoms with E-state index in [2.05, 4.69) is 5.32 Å². The second kappa shape index (κ2) is 10.6. The van der Waals surface area contributed by atoms with Gasteiger partial charge in [-0.1, -0.05) is 19.8 Å². The van der Waals surface area contributed by atoms with E-state index in [1.54, 1.807) is 0 Å². The van der Waals surface area contributed by atoms with Gasteiger partial charge in [-0.3, -0.25) is 4.79 Å². The van der Waals surface area contributed by atoms with Crippen molar-refractivity contribution in [3.63, 3.8) is 0 Å². The molecule has 1 saturated heterocycles. The van der Waals surface area contributed by atoms with Gasteiger partial charge in [-0.15, -0.1) is 0 Å². The summed E-state index contributed by atoms with van der Waals surface area (Å²) in [5, 5.41) is 2.65. The molecular formula is C20H30N2O6S. The van der Waals surface area contributed by atoms with Crippen LogP contribution in [0.4, 0.5) is 0 Å². The SMILES string of the molecule is CCCNC(=O)C(C)OC(=O)c1ccc(OC)c(S(=O)(=O)N2CCCCCC2)c1. The first-order valence-electron chi connectivity index (χ1n) is 9.98. The largest absolute Gasteiger partial charge is 0.495 e. The maximum Gasteiger partial charge on any atom is 0.338 e. The van der Waals surface area contributed by atoms with E-state index in [1.165, 1.54) is 36.5 Å². The Morgan fingerprint density at radius 3 is 2.41 bits per heavy atom. The molecule has 1 aliphatic rings. The normalized spacial score (nSPS) is 16.5. The third-order valence-electron chi connectivity index (χ3n) is 4.78. The number of amides is 1. The Morgan fingerprint density at radius 1 is 1.17 bits per heavy atom. The van der Waals surface area contributed by atoms with Gasteiger partial charge in [0, 0.05) is 19.6 Å². The molecule has 0 saturated carbocycles. The van der Waals surface area contributed by atoms with Crippen LogP contribution in [-0.2, 0) is 19.6 Å². The van der Waals surface area contributed by atoms with E-state index in [1.807, 2.05) is 6.92 Å². The topological polar surface area (TPSA) is 102 Å². The summed E-state index contributed by atoms with van der Waals surface area (Å²) in [6.07, 6.45) is 3.37. The van der Waals surface area contributed by atoms with Crippen molar-refractivity contribution in [1.82, 2.24) is 9.62 Å². The van der Waals surface area contributed by atoms with E-state index >= 15 is 0 Å². The van der Waals surface area contributed by atoms with Crippen LogP contribution in [0, 0.1) is 0 Å². The molecule has 29 heavy (non-hydrogen) atoms. The monoisotopic (exact) mass is 426 g/mol. The van der Waals surface area contributed by atoms with Gasteiger partial charge in [0.2, 0.25) is 10.0 Å². The zero-order valence-electron chi connectivity index (χ0n) is 17.3. The first-order chi connectivity index (χ1) is 13.8. The summed E-state index contributed by atoms with van der Waals surface area (Å²) < 4.78 is 38.2. The van der Waals surface area contributed by atoms with Crippen molar-refractivity contribution in [3.05, 3.63) is 23.8 Å². The van der Waals surface area contributed by atoms with Crippen LogP contribution < -0.4 is 10.1 Å². The number of nitrogens with one attached hydrogen (secondary N) is 1. The van der Waals surface area contributed by atoms with Crippen molar-refractivity contribution in [2.24, 2.45) is 0 Å². The number of benzene rings is 1. The molecule has 0 aromatic heterocycles. The van der Waals surface area contributed by atoms with Gasteiger partial charge in [0.05, 0.1) is 12.7 Å². The number of carbonyl (C=O) groups excluding carboxylic acids is 2. The predicted octanol–water partition coefficient (Wildman–Crippen LogP) is 2.33. The molecule has 9 heteroatoms. The van der Waals surface area contributed by atoms with Crippen molar-refractivity contribution in [2.45, 2.75) is 57.0 Å². The number of hydrogen-bond acceptors (Lipinski definition) is 6.